The summed E-state index contributed by atoms with van der Waals surface area (Å²) >= 11 is 5.71. The van der Waals surface area contributed by atoms with E-state index in [4.69, 9.17) is 23.1 Å². The Hall–Kier alpha value is -2.19. The van der Waals surface area contributed by atoms with Gasteiger partial charge in [-0.2, -0.15) is 0 Å². The van der Waals surface area contributed by atoms with Crippen LogP contribution < -0.4 is 10.6 Å². The summed E-state index contributed by atoms with van der Waals surface area (Å²) in [5.74, 6) is 1.11. The summed E-state index contributed by atoms with van der Waals surface area (Å²) in [7, 11) is 0. The zero-order valence-corrected chi connectivity index (χ0v) is 9.41. The molecular weight excluding hydrogens is 244 g/mol. The second kappa shape index (κ2) is 5.77. The van der Waals surface area contributed by atoms with Crippen LogP contribution in [0.4, 0.5) is 10.5 Å². The lowest BCUT2D eigenvalue weighted by Crippen LogP contribution is -2.28. The van der Waals surface area contributed by atoms with Crippen LogP contribution in [0.2, 0.25) is 5.02 Å². The maximum absolute atomic E-state index is 11.3. The summed E-state index contributed by atoms with van der Waals surface area (Å²) in [5.41, 5.74) is 0.272. The van der Waals surface area contributed by atoms with Crippen molar-refractivity contribution >= 4 is 29.3 Å². The second-order valence-corrected chi connectivity index (χ2v) is 3.48. The number of rotatable bonds is 3. The third-order valence-corrected chi connectivity index (χ3v) is 1.97. The molecule has 0 spiro atoms. The first-order valence-corrected chi connectivity index (χ1v) is 4.93. The van der Waals surface area contributed by atoms with Gasteiger partial charge in [-0.1, -0.05) is 17.5 Å². The number of aromatic carboxylic acids is 1. The van der Waals surface area contributed by atoms with Crippen molar-refractivity contribution in [3.63, 3.8) is 0 Å². The Kier molecular flexibility index (Phi) is 4.37. The number of hydrogen-bond acceptors (Lipinski definition) is 2. The quantitative estimate of drug-likeness (QED) is 0.718. The SMILES string of the molecule is C#CCNC(=O)Nc1cc(Cl)cc(C(=O)O)c1. The van der Waals surface area contributed by atoms with E-state index >= 15 is 0 Å². The lowest BCUT2D eigenvalue weighted by Gasteiger charge is -2.07. The highest BCUT2D eigenvalue weighted by Crippen LogP contribution is 2.19. The molecule has 3 N–H and O–H groups in total. The number of anilines is 1. The largest absolute Gasteiger partial charge is 0.478 e. The molecular formula is C11H9ClN2O3. The van der Waals surface area contributed by atoms with E-state index in [9.17, 15) is 9.59 Å². The van der Waals surface area contributed by atoms with E-state index in [2.05, 4.69) is 16.6 Å². The average molecular weight is 253 g/mol. The van der Waals surface area contributed by atoms with E-state index in [-0.39, 0.29) is 22.8 Å². The van der Waals surface area contributed by atoms with Gasteiger partial charge in [-0.3, -0.25) is 0 Å². The van der Waals surface area contributed by atoms with Crippen molar-refractivity contribution in [1.29, 1.82) is 0 Å². The van der Waals surface area contributed by atoms with E-state index in [0.717, 1.165) is 0 Å². The van der Waals surface area contributed by atoms with Crippen molar-refractivity contribution in [2.45, 2.75) is 0 Å². The number of hydrogen-bond donors (Lipinski definition) is 3. The fraction of sp³-hybridized carbons (Fsp3) is 0.0909. The number of nitrogens with one attached hydrogen (secondary N) is 2. The molecule has 17 heavy (non-hydrogen) atoms. The predicted octanol–water partition coefficient (Wildman–Crippen LogP) is 1.79. The molecule has 0 atom stereocenters. The molecule has 0 aliphatic carbocycles. The number of amides is 2. The first-order chi connectivity index (χ1) is 8.02. The van der Waals surface area contributed by atoms with Gasteiger partial charge in [-0.25, -0.2) is 9.59 Å². The lowest BCUT2D eigenvalue weighted by molar-refractivity contribution is 0.0697. The van der Waals surface area contributed by atoms with Gasteiger partial charge in [0.1, 0.15) is 0 Å². The van der Waals surface area contributed by atoms with Gasteiger partial charge in [0.25, 0.3) is 0 Å². The van der Waals surface area contributed by atoms with Gasteiger partial charge in [0.2, 0.25) is 0 Å². The number of carboxylic acid groups (broad SMARTS) is 1. The molecule has 0 bridgehead atoms. The molecule has 5 nitrogen and oxygen atoms in total. The van der Waals surface area contributed by atoms with Crippen LogP contribution in [0.15, 0.2) is 18.2 Å². The Bertz CT molecular complexity index is 494. The van der Waals surface area contributed by atoms with Crippen molar-refractivity contribution < 1.29 is 14.7 Å². The number of benzene rings is 1. The molecule has 0 saturated carbocycles. The minimum Gasteiger partial charge on any atom is -0.478 e. The van der Waals surface area contributed by atoms with Crippen molar-refractivity contribution in [2.75, 3.05) is 11.9 Å². The number of carbonyl (C=O) groups excluding carboxylic acids is 1. The third kappa shape index (κ3) is 4.05. The number of carboxylic acids is 1. The van der Waals surface area contributed by atoms with Crippen LogP contribution in [-0.4, -0.2) is 23.7 Å². The molecule has 2 amide bonds. The zero-order chi connectivity index (χ0) is 12.8. The number of urea groups is 1. The number of terminal acetylenes is 1. The molecule has 0 fully saturated rings. The molecule has 6 heteroatoms. The molecule has 0 radical (unpaired) electrons. The minimum absolute atomic E-state index is 0.00949. The van der Waals surface area contributed by atoms with Crippen LogP contribution in [0.1, 0.15) is 10.4 Å². The monoisotopic (exact) mass is 252 g/mol. The Morgan fingerprint density at radius 2 is 2.12 bits per heavy atom. The van der Waals surface area contributed by atoms with Crippen LogP contribution >= 0.6 is 11.6 Å². The smallest absolute Gasteiger partial charge is 0.335 e. The minimum atomic E-state index is -1.13. The molecule has 88 valence electrons. The van der Waals surface area contributed by atoms with Gasteiger partial charge >= 0.3 is 12.0 Å². The number of halogens is 1. The van der Waals surface area contributed by atoms with Gasteiger partial charge in [0, 0.05) is 10.7 Å². The summed E-state index contributed by atoms with van der Waals surface area (Å²) in [4.78, 5) is 22.0. The molecule has 0 unspecified atom stereocenters. The standard InChI is InChI=1S/C11H9ClN2O3/c1-2-3-13-11(17)14-9-5-7(10(15)16)4-8(12)6-9/h1,4-6H,3H2,(H,15,16)(H2,13,14,17). The summed E-state index contributed by atoms with van der Waals surface area (Å²) in [6.45, 7) is 0.0815. The van der Waals surface area contributed by atoms with E-state index in [1.807, 2.05) is 0 Å². The summed E-state index contributed by atoms with van der Waals surface area (Å²) in [6, 6.07) is 3.49. The summed E-state index contributed by atoms with van der Waals surface area (Å²) in [5, 5.41) is 13.8. The molecule has 0 aliphatic heterocycles. The second-order valence-electron chi connectivity index (χ2n) is 3.05. The van der Waals surface area contributed by atoms with Crippen molar-refractivity contribution in [2.24, 2.45) is 0 Å². The highest BCUT2D eigenvalue weighted by Gasteiger charge is 2.08. The van der Waals surface area contributed by atoms with Crippen molar-refractivity contribution in [3.05, 3.63) is 28.8 Å². The fourth-order valence-electron chi connectivity index (χ4n) is 1.09. The van der Waals surface area contributed by atoms with Gasteiger partial charge in [-0.15, -0.1) is 6.42 Å². The topological polar surface area (TPSA) is 78.4 Å². The predicted molar refractivity (Wildman–Crippen MR) is 64.3 cm³/mol. The highest BCUT2D eigenvalue weighted by atomic mass is 35.5. The summed E-state index contributed by atoms with van der Waals surface area (Å²) < 4.78 is 0. The first kappa shape index (κ1) is 12.9. The van der Waals surface area contributed by atoms with E-state index in [1.54, 1.807) is 0 Å². The normalized spacial score (nSPS) is 9.18. The Balaban J connectivity index is 2.81. The molecule has 0 aliphatic rings. The molecule has 1 aromatic carbocycles. The highest BCUT2D eigenvalue weighted by molar-refractivity contribution is 6.31. The van der Waals surface area contributed by atoms with Crippen molar-refractivity contribution in [1.82, 2.24) is 5.32 Å². The molecule has 0 aromatic heterocycles. The van der Waals surface area contributed by atoms with Crippen LogP contribution in [0.3, 0.4) is 0 Å². The van der Waals surface area contributed by atoms with Crippen LogP contribution in [0, 0.1) is 12.3 Å². The molecule has 0 heterocycles. The maximum Gasteiger partial charge on any atom is 0.335 e. The Morgan fingerprint density at radius 1 is 1.41 bits per heavy atom. The van der Waals surface area contributed by atoms with E-state index in [1.165, 1.54) is 18.2 Å². The van der Waals surface area contributed by atoms with Crippen molar-refractivity contribution in [3.8, 4) is 12.3 Å². The maximum atomic E-state index is 11.3. The Labute approximate surface area is 103 Å². The Morgan fingerprint density at radius 3 is 2.71 bits per heavy atom. The van der Waals surface area contributed by atoms with E-state index < -0.39 is 12.0 Å². The van der Waals surface area contributed by atoms with Gasteiger partial charge in [-0.05, 0) is 18.2 Å². The average Bonchev–Trinajstić information content (AvgIpc) is 2.25. The molecule has 1 aromatic rings. The molecule has 0 saturated heterocycles. The third-order valence-electron chi connectivity index (χ3n) is 1.75. The zero-order valence-electron chi connectivity index (χ0n) is 8.66. The fourth-order valence-corrected chi connectivity index (χ4v) is 1.33. The molecule has 1 rings (SSSR count). The number of carbonyl (C=O) groups is 2. The van der Waals surface area contributed by atoms with Crippen LogP contribution in [-0.2, 0) is 0 Å². The lowest BCUT2D eigenvalue weighted by atomic mass is 10.2. The van der Waals surface area contributed by atoms with Gasteiger partial charge < -0.3 is 15.7 Å². The van der Waals surface area contributed by atoms with Crippen LogP contribution in [0.5, 0.6) is 0 Å². The van der Waals surface area contributed by atoms with Gasteiger partial charge in [0.15, 0.2) is 0 Å². The van der Waals surface area contributed by atoms with Gasteiger partial charge in [0.05, 0.1) is 12.1 Å². The van der Waals surface area contributed by atoms with Crippen LogP contribution in [0.25, 0.3) is 0 Å². The first-order valence-electron chi connectivity index (χ1n) is 4.55. The summed E-state index contributed by atoms with van der Waals surface area (Å²) in [6.07, 6.45) is 4.97. The van der Waals surface area contributed by atoms with E-state index in [0.29, 0.717) is 0 Å².